The summed E-state index contributed by atoms with van der Waals surface area (Å²) in [6.07, 6.45) is 1.48. The van der Waals surface area contributed by atoms with Crippen molar-refractivity contribution in [3.05, 3.63) is 24.0 Å². The molecule has 1 amide bonds. The number of aromatic nitrogens is 1. The molecular formula is C10H16N4O2. The Kier molecular flexibility index (Phi) is 4.21. The first kappa shape index (κ1) is 12.4. The van der Waals surface area contributed by atoms with Gasteiger partial charge in [-0.25, -0.2) is 4.98 Å². The molecule has 0 saturated heterocycles. The fourth-order valence-corrected chi connectivity index (χ4v) is 1.11. The number of hydrogen-bond acceptors (Lipinski definition) is 5. The smallest absolute Gasteiger partial charge is 0.272 e. The van der Waals surface area contributed by atoms with Crippen LogP contribution in [0, 0.1) is 0 Å². The highest BCUT2D eigenvalue weighted by Crippen LogP contribution is 2.07. The lowest BCUT2D eigenvalue weighted by molar-refractivity contribution is 0.0676. The first-order valence-corrected chi connectivity index (χ1v) is 4.90. The predicted molar refractivity (Wildman–Crippen MR) is 60.7 cm³/mol. The van der Waals surface area contributed by atoms with E-state index in [1.807, 2.05) is 0 Å². The van der Waals surface area contributed by atoms with Gasteiger partial charge in [-0.1, -0.05) is 0 Å². The number of likely N-dealkylation sites (N-methyl/N-ethyl adjacent to an activating group) is 1. The third-order valence-electron chi connectivity index (χ3n) is 2.39. The van der Waals surface area contributed by atoms with E-state index in [1.165, 1.54) is 11.1 Å². The van der Waals surface area contributed by atoms with Crippen molar-refractivity contribution in [2.24, 2.45) is 5.84 Å². The van der Waals surface area contributed by atoms with Crippen LogP contribution in [0.4, 0.5) is 5.69 Å². The third kappa shape index (κ3) is 2.68. The molecule has 0 spiro atoms. The molecule has 0 fully saturated rings. The predicted octanol–water partition coefficient (Wildman–Crippen LogP) is -0.180. The molecule has 0 aliphatic rings. The SMILES string of the molecule is CC(CO)N(C)C(=O)c1ccc(NN)cn1. The average molecular weight is 224 g/mol. The lowest BCUT2D eigenvalue weighted by atomic mass is 10.2. The maximum Gasteiger partial charge on any atom is 0.272 e. The number of nitrogens with zero attached hydrogens (tertiary/aromatic N) is 2. The molecule has 1 unspecified atom stereocenters. The second-order valence-corrected chi connectivity index (χ2v) is 3.52. The molecule has 0 bridgehead atoms. The normalized spacial score (nSPS) is 12.0. The summed E-state index contributed by atoms with van der Waals surface area (Å²) in [5, 5.41) is 8.94. The van der Waals surface area contributed by atoms with E-state index in [0.29, 0.717) is 11.4 Å². The van der Waals surface area contributed by atoms with Gasteiger partial charge in [-0.3, -0.25) is 10.6 Å². The van der Waals surface area contributed by atoms with Crippen LogP contribution < -0.4 is 11.3 Å². The lowest BCUT2D eigenvalue weighted by Crippen LogP contribution is -2.37. The average Bonchev–Trinajstić information content (AvgIpc) is 2.36. The fraction of sp³-hybridized carbons (Fsp3) is 0.400. The Bertz CT molecular complexity index is 352. The number of anilines is 1. The topological polar surface area (TPSA) is 91.5 Å². The van der Waals surface area contributed by atoms with E-state index >= 15 is 0 Å². The quantitative estimate of drug-likeness (QED) is 0.487. The summed E-state index contributed by atoms with van der Waals surface area (Å²) in [7, 11) is 1.62. The molecule has 1 rings (SSSR count). The van der Waals surface area contributed by atoms with Gasteiger partial charge in [0.05, 0.1) is 24.5 Å². The Balaban J connectivity index is 2.80. The van der Waals surface area contributed by atoms with Crippen molar-refractivity contribution < 1.29 is 9.90 Å². The van der Waals surface area contributed by atoms with Crippen LogP contribution in [0.1, 0.15) is 17.4 Å². The fourth-order valence-electron chi connectivity index (χ4n) is 1.11. The van der Waals surface area contributed by atoms with Crippen molar-refractivity contribution in [1.29, 1.82) is 0 Å². The minimum absolute atomic E-state index is 0.0787. The van der Waals surface area contributed by atoms with Gasteiger partial charge in [0.1, 0.15) is 5.69 Å². The number of carbonyl (C=O) groups is 1. The van der Waals surface area contributed by atoms with Crippen LogP contribution in [-0.4, -0.2) is 40.6 Å². The van der Waals surface area contributed by atoms with Gasteiger partial charge in [0.15, 0.2) is 0 Å². The zero-order valence-electron chi connectivity index (χ0n) is 9.34. The number of pyridine rings is 1. The molecule has 1 heterocycles. The summed E-state index contributed by atoms with van der Waals surface area (Å²) in [4.78, 5) is 17.3. The maximum atomic E-state index is 11.8. The summed E-state index contributed by atoms with van der Waals surface area (Å²) in [6, 6.07) is 3.01. The molecule has 4 N–H and O–H groups in total. The number of hydrazine groups is 1. The zero-order chi connectivity index (χ0) is 12.1. The summed E-state index contributed by atoms with van der Waals surface area (Å²) >= 11 is 0. The molecule has 16 heavy (non-hydrogen) atoms. The maximum absolute atomic E-state index is 11.8. The highest BCUT2D eigenvalue weighted by Gasteiger charge is 2.17. The summed E-state index contributed by atoms with van der Waals surface area (Å²) in [6.45, 7) is 1.68. The van der Waals surface area contributed by atoms with E-state index in [4.69, 9.17) is 10.9 Å². The van der Waals surface area contributed by atoms with E-state index in [9.17, 15) is 4.79 Å². The van der Waals surface area contributed by atoms with Crippen molar-refractivity contribution in [2.75, 3.05) is 19.1 Å². The third-order valence-corrected chi connectivity index (χ3v) is 2.39. The molecule has 6 heteroatoms. The number of rotatable bonds is 4. The first-order valence-electron chi connectivity index (χ1n) is 4.90. The van der Waals surface area contributed by atoms with Gasteiger partial charge in [-0.2, -0.15) is 0 Å². The Morgan fingerprint density at radius 2 is 2.38 bits per heavy atom. The second-order valence-electron chi connectivity index (χ2n) is 3.52. The molecule has 88 valence electrons. The molecule has 0 aromatic carbocycles. The Morgan fingerprint density at radius 3 is 2.81 bits per heavy atom. The van der Waals surface area contributed by atoms with Crippen molar-refractivity contribution in [3.8, 4) is 0 Å². The van der Waals surface area contributed by atoms with Gasteiger partial charge in [-0.15, -0.1) is 0 Å². The summed E-state index contributed by atoms with van der Waals surface area (Å²) in [5.41, 5.74) is 3.38. The van der Waals surface area contributed by atoms with E-state index in [-0.39, 0.29) is 18.6 Å². The van der Waals surface area contributed by atoms with Crippen molar-refractivity contribution >= 4 is 11.6 Å². The number of aliphatic hydroxyl groups is 1. The zero-order valence-corrected chi connectivity index (χ0v) is 9.34. The van der Waals surface area contributed by atoms with Gasteiger partial charge in [0, 0.05) is 7.05 Å². The van der Waals surface area contributed by atoms with Crippen LogP contribution in [0.15, 0.2) is 18.3 Å². The van der Waals surface area contributed by atoms with Gasteiger partial charge in [0.2, 0.25) is 0 Å². The Morgan fingerprint density at radius 1 is 1.69 bits per heavy atom. The van der Waals surface area contributed by atoms with E-state index in [2.05, 4.69) is 10.4 Å². The number of nitrogens with two attached hydrogens (primary N) is 1. The molecule has 0 aliphatic carbocycles. The van der Waals surface area contributed by atoms with Crippen molar-refractivity contribution in [2.45, 2.75) is 13.0 Å². The number of hydrogen-bond donors (Lipinski definition) is 3. The van der Waals surface area contributed by atoms with Crippen molar-refractivity contribution in [1.82, 2.24) is 9.88 Å². The monoisotopic (exact) mass is 224 g/mol. The summed E-state index contributed by atoms with van der Waals surface area (Å²) in [5.74, 6) is 4.96. The second kappa shape index (κ2) is 5.43. The molecule has 1 aromatic rings. The Hall–Kier alpha value is -1.66. The number of amides is 1. The van der Waals surface area contributed by atoms with Gasteiger partial charge >= 0.3 is 0 Å². The number of carbonyl (C=O) groups excluding carboxylic acids is 1. The standard InChI is InChI=1S/C10H16N4O2/c1-7(6-15)14(2)10(16)9-4-3-8(13-11)5-12-9/h3-5,7,13,15H,6,11H2,1-2H3. The molecular weight excluding hydrogens is 208 g/mol. The largest absolute Gasteiger partial charge is 0.394 e. The number of aliphatic hydroxyl groups excluding tert-OH is 1. The Labute approximate surface area is 94.1 Å². The van der Waals surface area contributed by atoms with Crippen LogP contribution in [0.5, 0.6) is 0 Å². The molecule has 1 atom stereocenters. The number of nitrogens with one attached hydrogen (secondary N) is 1. The van der Waals surface area contributed by atoms with Crippen molar-refractivity contribution in [3.63, 3.8) is 0 Å². The lowest BCUT2D eigenvalue weighted by Gasteiger charge is -2.22. The molecule has 0 radical (unpaired) electrons. The first-order chi connectivity index (χ1) is 7.60. The van der Waals surface area contributed by atoms with E-state index in [1.54, 1.807) is 26.1 Å². The molecule has 0 saturated carbocycles. The summed E-state index contributed by atoms with van der Waals surface area (Å²) < 4.78 is 0. The van der Waals surface area contributed by atoms with Crippen LogP contribution in [0.25, 0.3) is 0 Å². The molecule has 0 aliphatic heterocycles. The van der Waals surface area contributed by atoms with Crippen LogP contribution in [0.2, 0.25) is 0 Å². The number of nitrogen functional groups attached to an aromatic ring is 1. The molecule has 1 aromatic heterocycles. The van der Waals surface area contributed by atoms with Gasteiger partial charge < -0.3 is 15.4 Å². The van der Waals surface area contributed by atoms with Crippen LogP contribution >= 0.6 is 0 Å². The van der Waals surface area contributed by atoms with E-state index in [0.717, 1.165) is 0 Å². The van der Waals surface area contributed by atoms with Crippen LogP contribution in [0.3, 0.4) is 0 Å². The minimum Gasteiger partial charge on any atom is -0.394 e. The van der Waals surface area contributed by atoms with Crippen LogP contribution in [-0.2, 0) is 0 Å². The molecule has 6 nitrogen and oxygen atoms in total. The van der Waals surface area contributed by atoms with E-state index < -0.39 is 0 Å². The van der Waals surface area contributed by atoms with Gasteiger partial charge in [-0.05, 0) is 19.1 Å². The highest BCUT2D eigenvalue weighted by atomic mass is 16.3. The van der Waals surface area contributed by atoms with Gasteiger partial charge in [0.25, 0.3) is 5.91 Å². The minimum atomic E-state index is -0.235. The highest BCUT2D eigenvalue weighted by molar-refractivity contribution is 5.92.